The minimum atomic E-state index is -0.797. The van der Waals surface area contributed by atoms with Gasteiger partial charge in [0.1, 0.15) is 0 Å². The highest BCUT2D eigenvalue weighted by atomic mass is 32.1. The molecule has 0 aliphatic heterocycles. The zero-order valence-electron chi connectivity index (χ0n) is 15.5. The van der Waals surface area contributed by atoms with E-state index in [4.69, 9.17) is 4.74 Å². The number of ether oxygens (including phenoxy) is 1. The van der Waals surface area contributed by atoms with E-state index in [0.29, 0.717) is 29.1 Å². The number of carbonyl (C=O) groups is 1. The normalized spacial score (nSPS) is 10.7. The molecule has 146 valence electrons. The SMILES string of the molecule is CCCCC(=O)Nc1csc(-c2cncc(-c3cc(F)c(O)c(OC)c3)n2)c1. The van der Waals surface area contributed by atoms with Crippen LogP contribution in [0.1, 0.15) is 26.2 Å². The van der Waals surface area contributed by atoms with Crippen LogP contribution in [-0.4, -0.2) is 28.1 Å². The van der Waals surface area contributed by atoms with Crippen LogP contribution in [0.25, 0.3) is 21.8 Å². The average Bonchev–Trinajstić information content (AvgIpc) is 3.17. The lowest BCUT2D eigenvalue weighted by molar-refractivity contribution is -0.116. The average molecular weight is 401 g/mol. The number of aromatic nitrogens is 2. The fourth-order valence-corrected chi connectivity index (χ4v) is 3.39. The number of methoxy groups -OCH3 is 1. The maximum Gasteiger partial charge on any atom is 0.224 e. The first-order valence-electron chi connectivity index (χ1n) is 8.79. The van der Waals surface area contributed by atoms with Crippen molar-refractivity contribution >= 4 is 22.9 Å². The number of amides is 1. The Morgan fingerprint density at radius 2 is 2.07 bits per heavy atom. The summed E-state index contributed by atoms with van der Waals surface area (Å²) in [7, 11) is 1.35. The van der Waals surface area contributed by atoms with Crippen molar-refractivity contribution in [3.05, 3.63) is 41.8 Å². The first-order chi connectivity index (χ1) is 13.5. The van der Waals surface area contributed by atoms with Gasteiger partial charge in [0.2, 0.25) is 5.91 Å². The van der Waals surface area contributed by atoms with E-state index in [1.807, 2.05) is 18.4 Å². The molecule has 0 spiro atoms. The second-order valence-electron chi connectivity index (χ2n) is 6.15. The first kappa shape index (κ1) is 19.8. The van der Waals surface area contributed by atoms with Crippen LogP contribution in [0.5, 0.6) is 11.5 Å². The molecule has 3 aromatic rings. The van der Waals surface area contributed by atoms with E-state index < -0.39 is 11.6 Å². The molecule has 0 aliphatic carbocycles. The number of aromatic hydroxyl groups is 1. The highest BCUT2D eigenvalue weighted by Gasteiger charge is 2.14. The van der Waals surface area contributed by atoms with Crippen LogP contribution in [0.3, 0.4) is 0 Å². The van der Waals surface area contributed by atoms with E-state index >= 15 is 0 Å². The third-order valence-electron chi connectivity index (χ3n) is 4.07. The Bertz CT molecular complexity index is 991. The van der Waals surface area contributed by atoms with Gasteiger partial charge in [0.25, 0.3) is 0 Å². The number of rotatable bonds is 7. The molecule has 28 heavy (non-hydrogen) atoms. The monoisotopic (exact) mass is 401 g/mol. The second-order valence-corrected chi connectivity index (χ2v) is 7.06. The molecule has 6 nitrogen and oxygen atoms in total. The van der Waals surface area contributed by atoms with Crippen LogP contribution < -0.4 is 10.1 Å². The summed E-state index contributed by atoms with van der Waals surface area (Å²) in [5.41, 5.74) is 2.19. The van der Waals surface area contributed by atoms with E-state index in [9.17, 15) is 14.3 Å². The molecule has 0 aliphatic rings. The van der Waals surface area contributed by atoms with Crippen LogP contribution in [-0.2, 0) is 4.79 Å². The predicted molar refractivity (Wildman–Crippen MR) is 107 cm³/mol. The van der Waals surface area contributed by atoms with Crippen LogP contribution in [0.15, 0.2) is 36.0 Å². The molecule has 3 rings (SSSR count). The number of benzene rings is 1. The molecular weight excluding hydrogens is 381 g/mol. The van der Waals surface area contributed by atoms with Crippen molar-refractivity contribution in [3.8, 4) is 33.3 Å². The molecule has 0 unspecified atom stereocenters. The summed E-state index contributed by atoms with van der Waals surface area (Å²) in [5, 5.41) is 14.4. The Hall–Kier alpha value is -3.00. The number of halogens is 1. The smallest absolute Gasteiger partial charge is 0.224 e. The number of thiophene rings is 1. The lowest BCUT2D eigenvalue weighted by Gasteiger charge is -2.08. The third kappa shape index (κ3) is 4.45. The number of hydrogen-bond donors (Lipinski definition) is 2. The molecule has 0 bridgehead atoms. The number of carbonyl (C=O) groups excluding carboxylic acids is 1. The molecule has 2 N–H and O–H groups in total. The number of phenols is 1. The van der Waals surface area contributed by atoms with Gasteiger partial charge in [-0.15, -0.1) is 11.3 Å². The molecule has 0 atom stereocenters. The molecular formula is C20H20FN3O3S. The number of hydrogen-bond acceptors (Lipinski definition) is 6. The molecule has 0 radical (unpaired) electrons. The fourth-order valence-electron chi connectivity index (χ4n) is 2.60. The Labute approximate surface area is 166 Å². The topological polar surface area (TPSA) is 84.3 Å². The molecule has 0 fully saturated rings. The van der Waals surface area contributed by atoms with Crippen LogP contribution in [0.2, 0.25) is 0 Å². The quantitative estimate of drug-likeness (QED) is 0.591. The summed E-state index contributed by atoms with van der Waals surface area (Å²) in [6.45, 7) is 2.04. The minimum absolute atomic E-state index is 0.0160. The van der Waals surface area contributed by atoms with E-state index in [0.717, 1.165) is 17.7 Å². The van der Waals surface area contributed by atoms with Crippen molar-refractivity contribution in [1.29, 1.82) is 0 Å². The highest BCUT2D eigenvalue weighted by Crippen LogP contribution is 2.35. The van der Waals surface area contributed by atoms with Crippen molar-refractivity contribution < 1.29 is 19.0 Å². The van der Waals surface area contributed by atoms with Gasteiger partial charge < -0.3 is 15.2 Å². The summed E-state index contributed by atoms with van der Waals surface area (Å²) in [5.74, 6) is -1.33. The summed E-state index contributed by atoms with van der Waals surface area (Å²) in [6, 6.07) is 4.51. The maximum absolute atomic E-state index is 13.9. The minimum Gasteiger partial charge on any atom is -0.502 e. The molecule has 0 saturated heterocycles. The lowest BCUT2D eigenvalue weighted by Crippen LogP contribution is -2.09. The van der Waals surface area contributed by atoms with Crippen molar-refractivity contribution in [1.82, 2.24) is 9.97 Å². The molecule has 8 heteroatoms. The summed E-state index contributed by atoms with van der Waals surface area (Å²) in [4.78, 5) is 21.4. The Morgan fingerprint density at radius 3 is 2.82 bits per heavy atom. The Kier molecular flexibility index (Phi) is 6.20. The number of nitrogens with one attached hydrogen (secondary N) is 1. The maximum atomic E-state index is 13.9. The number of unbranched alkanes of at least 4 members (excludes halogenated alkanes) is 1. The van der Waals surface area contributed by atoms with E-state index in [1.54, 1.807) is 6.20 Å². The molecule has 2 aromatic heterocycles. The van der Waals surface area contributed by atoms with Gasteiger partial charge >= 0.3 is 0 Å². The summed E-state index contributed by atoms with van der Waals surface area (Å²) >= 11 is 1.43. The van der Waals surface area contributed by atoms with Gasteiger partial charge in [0, 0.05) is 17.4 Å². The Balaban J connectivity index is 1.85. The zero-order chi connectivity index (χ0) is 20.1. The van der Waals surface area contributed by atoms with Crippen molar-refractivity contribution in [2.45, 2.75) is 26.2 Å². The van der Waals surface area contributed by atoms with E-state index in [2.05, 4.69) is 15.3 Å². The molecule has 1 aromatic carbocycles. The second kappa shape index (κ2) is 8.79. The third-order valence-corrected chi connectivity index (χ3v) is 5.02. The van der Waals surface area contributed by atoms with Crippen molar-refractivity contribution in [3.63, 3.8) is 0 Å². The van der Waals surface area contributed by atoms with Crippen LogP contribution >= 0.6 is 11.3 Å². The molecule has 2 heterocycles. The summed E-state index contributed by atoms with van der Waals surface area (Å²) < 4.78 is 18.9. The van der Waals surface area contributed by atoms with Gasteiger partial charge in [-0.05, 0) is 24.6 Å². The summed E-state index contributed by atoms with van der Waals surface area (Å²) in [6.07, 6.45) is 5.42. The highest BCUT2D eigenvalue weighted by molar-refractivity contribution is 7.14. The number of phenolic OH excluding ortho intramolecular Hbond substituents is 1. The van der Waals surface area contributed by atoms with Crippen LogP contribution in [0.4, 0.5) is 10.1 Å². The standard InChI is InChI=1S/C20H20FN3O3S/c1-3-4-5-19(25)23-13-8-18(28-11-13)16-10-22-9-15(24-16)12-6-14(21)20(26)17(7-12)27-2/h6-11,26H,3-5H2,1-2H3,(H,23,25). The van der Waals surface area contributed by atoms with Gasteiger partial charge in [-0.3, -0.25) is 9.78 Å². The van der Waals surface area contributed by atoms with E-state index in [-0.39, 0.29) is 11.7 Å². The number of anilines is 1. The predicted octanol–water partition coefficient (Wildman–Crippen LogP) is 4.85. The van der Waals surface area contributed by atoms with Crippen LogP contribution in [0, 0.1) is 5.82 Å². The van der Waals surface area contributed by atoms with Gasteiger partial charge in [0.15, 0.2) is 17.3 Å². The fraction of sp³-hybridized carbons (Fsp3) is 0.250. The van der Waals surface area contributed by atoms with E-state index in [1.165, 1.54) is 36.8 Å². The Morgan fingerprint density at radius 1 is 1.29 bits per heavy atom. The van der Waals surface area contributed by atoms with Gasteiger partial charge in [-0.25, -0.2) is 9.37 Å². The van der Waals surface area contributed by atoms with Gasteiger partial charge in [0.05, 0.1) is 41.5 Å². The zero-order valence-corrected chi connectivity index (χ0v) is 16.3. The number of nitrogens with zero attached hydrogens (tertiary/aromatic N) is 2. The van der Waals surface area contributed by atoms with Crippen molar-refractivity contribution in [2.75, 3.05) is 12.4 Å². The van der Waals surface area contributed by atoms with Gasteiger partial charge in [-0.1, -0.05) is 13.3 Å². The van der Waals surface area contributed by atoms with Gasteiger partial charge in [-0.2, -0.15) is 0 Å². The largest absolute Gasteiger partial charge is 0.502 e. The molecule has 0 saturated carbocycles. The lowest BCUT2D eigenvalue weighted by atomic mass is 10.1. The van der Waals surface area contributed by atoms with Crippen molar-refractivity contribution in [2.24, 2.45) is 0 Å². The first-order valence-corrected chi connectivity index (χ1v) is 9.67. The molecule has 1 amide bonds.